The number of nitrogens with zero attached hydrogens (tertiary/aromatic N) is 2. The Morgan fingerprint density at radius 1 is 1.56 bits per heavy atom. The van der Waals surface area contributed by atoms with Gasteiger partial charge in [-0.1, -0.05) is 0 Å². The fraction of sp³-hybridized carbons (Fsp3) is 0.400. The first-order chi connectivity index (χ1) is 8.58. The molecule has 0 saturated carbocycles. The van der Waals surface area contributed by atoms with Gasteiger partial charge in [0.15, 0.2) is 0 Å². The van der Waals surface area contributed by atoms with Crippen molar-refractivity contribution in [3.8, 4) is 5.88 Å². The normalized spacial score (nSPS) is 9.67. The lowest BCUT2D eigenvalue weighted by Crippen LogP contribution is -2.21. The SMILES string of the molecule is CNC(=O)CCNc1nc(OC)ccc1[N+](=O)[O-]. The number of methoxy groups -OCH3 is 1. The quantitative estimate of drug-likeness (QED) is 0.567. The lowest BCUT2D eigenvalue weighted by Gasteiger charge is -2.07. The first kappa shape index (κ1) is 13.7. The summed E-state index contributed by atoms with van der Waals surface area (Å²) in [5.74, 6) is 0.194. The zero-order valence-corrected chi connectivity index (χ0v) is 10.1. The fourth-order valence-corrected chi connectivity index (χ4v) is 1.24. The molecule has 1 aromatic heterocycles. The van der Waals surface area contributed by atoms with Gasteiger partial charge in [0, 0.05) is 32.1 Å². The predicted molar refractivity (Wildman–Crippen MR) is 64.6 cm³/mol. The van der Waals surface area contributed by atoms with Crippen molar-refractivity contribution in [1.29, 1.82) is 0 Å². The van der Waals surface area contributed by atoms with Crippen LogP contribution in [-0.4, -0.2) is 36.5 Å². The van der Waals surface area contributed by atoms with E-state index >= 15 is 0 Å². The molecule has 8 nitrogen and oxygen atoms in total. The van der Waals surface area contributed by atoms with E-state index in [9.17, 15) is 14.9 Å². The molecule has 1 rings (SSSR count). The Labute approximate surface area is 104 Å². The molecule has 8 heteroatoms. The van der Waals surface area contributed by atoms with Crippen molar-refractivity contribution < 1.29 is 14.5 Å². The van der Waals surface area contributed by atoms with Gasteiger partial charge >= 0.3 is 5.69 Å². The van der Waals surface area contributed by atoms with Crippen LogP contribution in [0.25, 0.3) is 0 Å². The smallest absolute Gasteiger partial charge is 0.311 e. The van der Waals surface area contributed by atoms with Gasteiger partial charge in [-0.15, -0.1) is 0 Å². The van der Waals surface area contributed by atoms with Crippen molar-refractivity contribution in [1.82, 2.24) is 10.3 Å². The number of carbonyl (C=O) groups excluding carboxylic acids is 1. The van der Waals surface area contributed by atoms with E-state index in [4.69, 9.17) is 4.74 Å². The fourth-order valence-electron chi connectivity index (χ4n) is 1.24. The third kappa shape index (κ3) is 3.58. The van der Waals surface area contributed by atoms with Crippen LogP contribution in [0.2, 0.25) is 0 Å². The second-order valence-electron chi connectivity index (χ2n) is 3.33. The van der Waals surface area contributed by atoms with Crippen LogP contribution in [-0.2, 0) is 4.79 Å². The lowest BCUT2D eigenvalue weighted by atomic mass is 10.3. The molecule has 2 N–H and O–H groups in total. The van der Waals surface area contributed by atoms with E-state index in [1.54, 1.807) is 0 Å². The molecule has 0 radical (unpaired) electrons. The summed E-state index contributed by atoms with van der Waals surface area (Å²) in [6, 6.07) is 2.70. The molecule has 0 bridgehead atoms. The average Bonchev–Trinajstić information content (AvgIpc) is 2.37. The van der Waals surface area contributed by atoms with Crippen LogP contribution < -0.4 is 15.4 Å². The summed E-state index contributed by atoms with van der Waals surface area (Å²) in [7, 11) is 2.94. The number of carbonyl (C=O) groups is 1. The highest BCUT2D eigenvalue weighted by Crippen LogP contribution is 2.24. The molecule has 0 spiro atoms. The molecule has 18 heavy (non-hydrogen) atoms. The number of nitrogens with one attached hydrogen (secondary N) is 2. The summed E-state index contributed by atoms with van der Waals surface area (Å²) in [4.78, 5) is 25.2. The minimum Gasteiger partial charge on any atom is -0.481 e. The molecular weight excluding hydrogens is 240 g/mol. The molecule has 0 aliphatic carbocycles. The van der Waals surface area contributed by atoms with Gasteiger partial charge in [-0.05, 0) is 0 Å². The first-order valence-corrected chi connectivity index (χ1v) is 5.22. The number of hydrogen-bond donors (Lipinski definition) is 2. The second kappa shape index (κ2) is 6.38. The Morgan fingerprint density at radius 2 is 2.28 bits per heavy atom. The van der Waals surface area contributed by atoms with E-state index in [-0.39, 0.29) is 36.3 Å². The van der Waals surface area contributed by atoms with Gasteiger partial charge < -0.3 is 15.4 Å². The Hall–Kier alpha value is -2.38. The maximum absolute atomic E-state index is 11.0. The first-order valence-electron chi connectivity index (χ1n) is 5.22. The largest absolute Gasteiger partial charge is 0.481 e. The molecule has 0 unspecified atom stereocenters. The molecule has 1 heterocycles. The Bertz CT molecular complexity index is 450. The zero-order chi connectivity index (χ0) is 13.5. The van der Waals surface area contributed by atoms with Crippen LogP contribution in [0.3, 0.4) is 0 Å². The number of anilines is 1. The van der Waals surface area contributed by atoms with E-state index in [1.807, 2.05) is 0 Å². The minimum absolute atomic E-state index is 0.0863. The van der Waals surface area contributed by atoms with Gasteiger partial charge in [0.1, 0.15) is 0 Å². The summed E-state index contributed by atoms with van der Waals surface area (Å²) >= 11 is 0. The van der Waals surface area contributed by atoms with Gasteiger partial charge in [0.2, 0.25) is 17.6 Å². The van der Waals surface area contributed by atoms with Gasteiger partial charge in [0.25, 0.3) is 0 Å². The van der Waals surface area contributed by atoms with Crippen LogP contribution in [0.1, 0.15) is 6.42 Å². The summed E-state index contributed by atoms with van der Waals surface area (Å²) in [5, 5.41) is 16.0. The molecule has 0 atom stereocenters. The monoisotopic (exact) mass is 254 g/mol. The number of rotatable bonds is 6. The minimum atomic E-state index is -0.547. The van der Waals surface area contributed by atoms with Gasteiger partial charge in [-0.3, -0.25) is 14.9 Å². The highest BCUT2D eigenvalue weighted by Gasteiger charge is 2.16. The number of pyridine rings is 1. The number of amides is 1. The Balaban J connectivity index is 2.78. The third-order valence-electron chi connectivity index (χ3n) is 2.18. The van der Waals surface area contributed by atoms with E-state index in [0.717, 1.165) is 0 Å². The van der Waals surface area contributed by atoms with Crippen LogP contribution in [0.15, 0.2) is 12.1 Å². The lowest BCUT2D eigenvalue weighted by molar-refractivity contribution is -0.384. The molecule has 0 saturated heterocycles. The second-order valence-corrected chi connectivity index (χ2v) is 3.33. The van der Waals surface area contributed by atoms with Crippen LogP contribution >= 0.6 is 0 Å². The van der Waals surface area contributed by atoms with Gasteiger partial charge in [-0.2, -0.15) is 4.98 Å². The number of aromatic nitrogens is 1. The van der Waals surface area contributed by atoms with Crippen molar-refractivity contribution in [2.75, 3.05) is 26.0 Å². The van der Waals surface area contributed by atoms with Gasteiger partial charge in [0.05, 0.1) is 12.0 Å². The highest BCUT2D eigenvalue weighted by atomic mass is 16.6. The maximum atomic E-state index is 11.0. The van der Waals surface area contributed by atoms with Crippen LogP contribution in [0.4, 0.5) is 11.5 Å². The maximum Gasteiger partial charge on any atom is 0.311 e. The summed E-state index contributed by atoms with van der Waals surface area (Å²) in [6.45, 7) is 0.251. The molecule has 98 valence electrons. The number of nitro groups is 1. The zero-order valence-electron chi connectivity index (χ0n) is 10.1. The van der Waals surface area contributed by atoms with Crippen molar-refractivity contribution in [3.05, 3.63) is 22.2 Å². The van der Waals surface area contributed by atoms with Crippen molar-refractivity contribution in [2.24, 2.45) is 0 Å². The molecular formula is C10H14N4O4. The summed E-state index contributed by atoms with van der Waals surface area (Å²) in [5.41, 5.74) is -0.160. The third-order valence-corrected chi connectivity index (χ3v) is 2.18. The van der Waals surface area contributed by atoms with Crippen molar-refractivity contribution >= 4 is 17.4 Å². The molecule has 0 aromatic carbocycles. The van der Waals surface area contributed by atoms with E-state index in [1.165, 1.54) is 26.3 Å². The van der Waals surface area contributed by atoms with Gasteiger partial charge in [-0.25, -0.2) is 0 Å². The van der Waals surface area contributed by atoms with Crippen LogP contribution in [0.5, 0.6) is 5.88 Å². The van der Waals surface area contributed by atoms with Crippen molar-refractivity contribution in [3.63, 3.8) is 0 Å². The predicted octanol–water partition coefficient (Wildman–Crippen LogP) is 0.546. The Morgan fingerprint density at radius 3 is 2.83 bits per heavy atom. The Kier molecular flexibility index (Phi) is 4.85. The summed E-state index contributed by atoms with van der Waals surface area (Å²) < 4.78 is 4.89. The van der Waals surface area contributed by atoms with E-state index < -0.39 is 4.92 Å². The number of hydrogen-bond acceptors (Lipinski definition) is 6. The molecule has 0 aliphatic heterocycles. The van der Waals surface area contributed by atoms with E-state index in [0.29, 0.717) is 0 Å². The molecule has 0 fully saturated rings. The van der Waals surface area contributed by atoms with Crippen molar-refractivity contribution in [2.45, 2.75) is 6.42 Å². The topological polar surface area (TPSA) is 106 Å². The molecule has 1 amide bonds. The number of ether oxygens (including phenoxy) is 1. The summed E-state index contributed by atoms with van der Waals surface area (Å²) in [6.07, 6.45) is 0.201. The average molecular weight is 254 g/mol. The van der Waals surface area contributed by atoms with Crippen LogP contribution in [0, 0.1) is 10.1 Å². The highest BCUT2D eigenvalue weighted by molar-refractivity contribution is 5.76. The standard InChI is InChI=1S/C10H14N4O4/c1-11-8(15)5-6-12-10-7(14(16)17)3-4-9(13-10)18-2/h3-4H,5-6H2,1-2H3,(H,11,15)(H,12,13). The van der Waals surface area contributed by atoms with E-state index in [2.05, 4.69) is 15.6 Å². The molecule has 0 aliphatic rings. The molecule has 1 aromatic rings.